The molecule has 102 valence electrons. The maximum Gasteiger partial charge on any atom is 0.221 e. The highest BCUT2D eigenvalue weighted by atomic mass is 16.3. The van der Waals surface area contributed by atoms with Crippen LogP contribution in [-0.4, -0.2) is 33.9 Å². The third kappa shape index (κ3) is 3.54. The fourth-order valence-electron chi connectivity index (χ4n) is 1.99. The molecule has 2 N–H and O–H groups in total. The van der Waals surface area contributed by atoms with Crippen molar-refractivity contribution in [2.24, 2.45) is 0 Å². The first-order valence-corrected chi connectivity index (χ1v) is 6.50. The number of carbonyl (C=O) groups excluding carboxylic acids is 1. The Labute approximate surface area is 112 Å². The summed E-state index contributed by atoms with van der Waals surface area (Å²) in [6.45, 7) is 3.24. The van der Waals surface area contributed by atoms with Gasteiger partial charge in [-0.05, 0) is 25.5 Å². The van der Waals surface area contributed by atoms with Crippen molar-refractivity contribution in [2.45, 2.75) is 26.3 Å². The summed E-state index contributed by atoms with van der Waals surface area (Å²) in [7, 11) is 0. The number of aromatic nitrogens is 2. The van der Waals surface area contributed by atoms with Crippen molar-refractivity contribution in [1.82, 2.24) is 15.1 Å². The monoisotopic (exact) mass is 261 g/mol. The number of hydrogen-bond acceptors (Lipinski definition) is 3. The highest BCUT2D eigenvalue weighted by Crippen LogP contribution is 2.15. The molecule has 0 saturated carbocycles. The Balaban J connectivity index is 1.93. The molecule has 0 radical (unpaired) electrons. The van der Waals surface area contributed by atoms with E-state index >= 15 is 0 Å². The molecule has 2 rings (SSSR count). The number of hydrogen-bond donors (Lipinski definition) is 2. The van der Waals surface area contributed by atoms with E-state index in [0.717, 1.165) is 10.9 Å². The van der Waals surface area contributed by atoms with Gasteiger partial charge in [0.15, 0.2) is 0 Å². The van der Waals surface area contributed by atoms with Crippen molar-refractivity contribution in [3.8, 4) is 0 Å². The van der Waals surface area contributed by atoms with E-state index in [2.05, 4.69) is 16.5 Å². The summed E-state index contributed by atoms with van der Waals surface area (Å²) in [4.78, 5) is 11.6. The molecule has 0 atom stereocenters. The second-order valence-corrected chi connectivity index (χ2v) is 4.61. The van der Waals surface area contributed by atoms with Crippen LogP contribution in [0.2, 0.25) is 0 Å². The molecule has 19 heavy (non-hydrogen) atoms. The molecular formula is C14H19N3O2. The number of aliphatic hydroxyl groups excluding tert-OH is 1. The summed E-state index contributed by atoms with van der Waals surface area (Å²) >= 11 is 0. The third-order valence-corrected chi connectivity index (χ3v) is 3.01. The van der Waals surface area contributed by atoms with Crippen molar-refractivity contribution >= 4 is 16.8 Å². The van der Waals surface area contributed by atoms with Gasteiger partial charge in [0.25, 0.3) is 0 Å². The zero-order valence-corrected chi connectivity index (χ0v) is 11.1. The van der Waals surface area contributed by atoms with Gasteiger partial charge in [0, 0.05) is 25.0 Å². The van der Waals surface area contributed by atoms with Crippen LogP contribution in [0, 0.1) is 6.92 Å². The molecule has 1 amide bonds. The van der Waals surface area contributed by atoms with E-state index in [4.69, 9.17) is 5.11 Å². The number of carbonyl (C=O) groups is 1. The summed E-state index contributed by atoms with van der Waals surface area (Å²) in [6.07, 6.45) is 2.82. The second kappa shape index (κ2) is 6.33. The molecule has 0 aliphatic rings. The molecule has 0 aliphatic heterocycles. The zero-order valence-electron chi connectivity index (χ0n) is 11.1. The van der Waals surface area contributed by atoms with Crippen molar-refractivity contribution < 1.29 is 9.90 Å². The third-order valence-electron chi connectivity index (χ3n) is 3.01. The van der Waals surface area contributed by atoms with E-state index in [1.807, 2.05) is 29.9 Å². The maximum atomic E-state index is 11.6. The molecule has 5 heteroatoms. The van der Waals surface area contributed by atoms with Gasteiger partial charge in [-0.15, -0.1) is 0 Å². The van der Waals surface area contributed by atoms with Gasteiger partial charge in [-0.3, -0.25) is 9.48 Å². The summed E-state index contributed by atoms with van der Waals surface area (Å²) in [5, 5.41) is 16.8. The normalized spacial score (nSPS) is 10.8. The minimum absolute atomic E-state index is 0.00999. The van der Waals surface area contributed by atoms with Gasteiger partial charge in [0.1, 0.15) is 0 Å². The second-order valence-electron chi connectivity index (χ2n) is 4.61. The predicted molar refractivity (Wildman–Crippen MR) is 73.8 cm³/mol. The Hall–Kier alpha value is -1.88. The number of benzene rings is 1. The first kappa shape index (κ1) is 13.5. The van der Waals surface area contributed by atoms with Crippen molar-refractivity contribution in [3.63, 3.8) is 0 Å². The number of nitrogens with zero attached hydrogens (tertiary/aromatic N) is 2. The van der Waals surface area contributed by atoms with Crippen molar-refractivity contribution in [2.75, 3.05) is 13.2 Å². The van der Waals surface area contributed by atoms with E-state index in [9.17, 15) is 4.79 Å². The number of aliphatic hydroxyl groups is 1. The Kier molecular flexibility index (Phi) is 4.52. The number of rotatable bonds is 6. The Morgan fingerprint density at radius 1 is 1.47 bits per heavy atom. The van der Waals surface area contributed by atoms with Gasteiger partial charge < -0.3 is 10.4 Å². The molecule has 0 bridgehead atoms. The number of amides is 1. The molecule has 0 saturated heterocycles. The SMILES string of the molecule is Cc1ccc2c(cnn2CCC(=O)NCCCO)c1. The van der Waals surface area contributed by atoms with Crippen LogP contribution in [0.1, 0.15) is 18.4 Å². The lowest BCUT2D eigenvalue weighted by atomic mass is 10.2. The molecule has 1 aromatic carbocycles. The highest BCUT2D eigenvalue weighted by molar-refractivity contribution is 5.80. The summed E-state index contributed by atoms with van der Waals surface area (Å²) in [6, 6.07) is 6.16. The lowest BCUT2D eigenvalue weighted by molar-refractivity contribution is -0.121. The smallest absolute Gasteiger partial charge is 0.221 e. The van der Waals surface area contributed by atoms with E-state index < -0.39 is 0 Å². The van der Waals surface area contributed by atoms with E-state index in [-0.39, 0.29) is 12.5 Å². The van der Waals surface area contributed by atoms with Crippen LogP contribution < -0.4 is 5.32 Å². The quantitative estimate of drug-likeness (QED) is 0.769. The molecule has 0 fully saturated rings. The molecule has 0 unspecified atom stereocenters. The Bertz CT molecular complexity index is 563. The lowest BCUT2D eigenvalue weighted by Crippen LogP contribution is -2.26. The average Bonchev–Trinajstić information content (AvgIpc) is 2.79. The maximum absolute atomic E-state index is 11.6. The zero-order chi connectivity index (χ0) is 13.7. The van der Waals surface area contributed by atoms with Crippen molar-refractivity contribution in [1.29, 1.82) is 0 Å². The Morgan fingerprint density at radius 2 is 2.32 bits per heavy atom. The molecule has 0 spiro atoms. The predicted octanol–water partition coefficient (Wildman–Crippen LogP) is 1.23. The van der Waals surface area contributed by atoms with Gasteiger partial charge in [0.2, 0.25) is 5.91 Å². The van der Waals surface area contributed by atoms with E-state index in [0.29, 0.717) is 25.9 Å². The first-order valence-electron chi connectivity index (χ1n) is 6.50. The van der Waals surface area contributed by atoms with Gasteiger partial charge in [-0.1, -0.05) is 11.6 Å². The number of fused-ring (bicyclic) bond motifs is 1. The van der Waals surface area contributed by atoms with Crippen molar-refractivity contribution in [3.05, 3.63) is 30.0 Å². The van der Waals surface area contributed by atoms with E-state index in [1.54, 1.807) is 0 Å². The first-order chi connectivity index (χ1) is 9.20. The highest BCUT2D eigenvalue weighted by Gasteiger charge is 2.05. The molecule has 1 heterocycles. The van der Waals surface area contributed by atoms with Crippen LogP contribution in [0.4, 0.5) is 0 Å². The fourth-order valence-corrected chi connectivity index (χ4v) is 1.99. The van der Waals surface area contributed by atoms with Gasteiger partial charge in [-0.2, -0.15) is 5.10 Å². The average molecular weight is 261 g/mol. The Morgan fingerprint density at radius 3 is 3.11 bits per heavy atom. The largest absolute Gasteiger partial charge is 0.396 e. The van der Waals surface area contributed by atoms with Crippen LogP contribution in [-0.2, 0) is 11.3 Å². The minimum atomic E-state index is -0.00999. The standard InChI is InChI=1S/C14H19N3O2/c1-11-3-4-13-12(9-11)10-16-17(13)7-5-14(19)15-6-2-8-18/h3-4,9-10,18H,2,5-8H2,1H3,(H,15,19). The van der Waals surface area contributed by atoms with Gasteiger partial charge in [-0.25, -0.2) is 0 Å². The molecular weight excluding hydrogens is 242 g/mol. The van der Waals surface area contributed by atoms with Crippen LogP contribution in [0.25, 0.3) is 10.9 Å². The van der Waals surface area contributed by atoms with Gasteiger partial charge >= 0.3 is 0 Å². The van der Waals surface area contributed by atoms with Crippen LogP contribution in [0.5, 0.6) is 0 Å². The lowest BCUT2D eigenvalue weighted by Gasteiger charge is -2.05. The molecule has 0 aliphatic carbocycles. The van der Waals surface area contributed by atoms with Gasteiger partial charge in [0.05, 0.1) is 18.3 Å². The topological polar surface area (TPSA) is 67.2 Å². The summed E-state index contributed by atoms with van der Waals surface area (Å²) in [5.41, 5.74) is 2.25. The molecule has 1 aromatic heterocycles. The minimum Gasteiger partial charge on any atom is -0.396 e. The molecule has 2 aromatic rings. The van der Waals surface area contributed by atoms with Crippen LogP contribution in [0.15, 0.2) is 24.4 Å². The number of aryl methyl sites for hydroxylation is 2. The molecule has 5 nitrogen and oxygen atoms in total. The summed E-state index contributed by atoms with van der Waals surface area (Å²) < 4.78 is 1.85. The van der Waals surface area contributed by atoms with Crippen LogP contribution >= 0.6 is 0 Å². The number of nitrogens with one attached hydrogen (secondary N) is 1. The van der Waals surface area contributed by atoms with Crippen LogP contribution in [0.3, 0.4) is 0 Å². The fraction of sp³-hybridized carbons (Fsp3) is 0.429. The van der Waals surface area contributed by atoms with E-state index in [1.165, 1.54) is 5.56 Å². The summed E-state index contributed by atoms with van der Waals surface area (Å²) in [5.74, 6) is -0.00999.